The van der Waals surface area contributed by atoms with Crippen molar-refractivity contribution in [2.45, 2.75) is 17.9 Å². The molecule has 2 rings (SSSR count). The highest BCUT2D eigenvalue weighted by atomic mass is 32.2. The molecule has 2 heterocycles. The zero-order chi connectivity index (χ0) is 11.5. The second kappa shape index (κ2) is 4.69. The Balaban J connectivity index is 2.34. The first kappa shape index (κ1) is 11.2. The normalized spacial score (nSPS) is 15.4. The summed E-state index contributed by atoms with van der Waals surface area (Å²) in [6, 6.07) is 1.62. The van der Waals surface area contributed by atoms with Crippen molar-refractivity contribution in [1.82, 2.24) is 10.2 Å². The van der Waals surface area contributed by atoms with Crippen molar-refractivity contribution in [3.8, 4) is 0 Å². The van der Waals surface area contributed by atoms with Gasteiger partial charge in [-0.3, -0.25) is 0 Å². The van der Waals surface area contributed by atoms with Gasteiger partial charge >= 0.3 is 5.97 Å². The Labute approximate surface area is 97.9 Å². The summed E-state index contributed by atoms with van der Waals surface area (Å²) in [5.41, 5.74) is 0.240. The van der Waals surface area contributed by atoms with Gasteiger partial charge in [0.05, 0.1) is 5.56 Å². The number of carboxylic acid groups (broad SMARTS) is 1. The van der Waals surface area contributed by atoms with Crippen molar-refractivity contribution in [1.29, 1.82) is 0 Å². The van der Waals surface area contributed by atoms with Crippen LogP contribution in [-0.4, -0.2) is 40.6 Å². The van der Waals surface area contributed by atoms with Crippen LogP contribution in [0, 0.1) is 0 Å². The van der Waals surface area contributed by atoms with Crippen LogP contribution in [0.3, 0.4) is 0 Å². The Hall–Kier alpha value is -1.30. The van der Waals surface area contributed by atoms with E-state index in [1.165, 1.54) is 11.8 Å². The molecule has 6 heteroatoms. The molecular weight excluding hydrogens is 226 g/mol. The summed E-state index contributed by atoms with van der Waals surface area (Å²) in [5, 5.41) is 17.6. The van der Waals surface area contributed by atoms with Crippen LogP contribution >= 0.6 is 11.8 Å². The molecule has 16 heavy (non-hydrogen) atoms. The van der Waals surface area contributed by atoms with Crippen LogP contribution in [0.2, 0.25) is 0 Å². The van der Waals surface area contributed by atoms with Crippen molar-refractivity contribution in [3.05, 3.63) is 11.6 Å². The van der Waals surface area contributed by atoms with E-state index in [9.17, 15) is 4.79 Å². The molecule has 5 nitrogen and oxygen atoms in total. The van der Waals surface area contributed by atoms with Gasteiger partial charge in [0.2, 0.25) is 0 Å². The smallest absolute Gasteiger partial charge is 0.338 e. The summed E-state index contributed by atoms with van der Waals surface area (Å²) in [5.74, 6) is -0.271. The highest BCUT2D eigenvalue weighted by molar-refractivity contribution is 7.98. The SMILES string of the molecule is CSc1nnc(N2CCCC2)cc1C(=O)O. The largest absolute Gasteiger partial charge is 0.478 e. The third-order valence-corrected chi connectivity index (χ3v) is 3.29. The minimum Gasteiger partial charge on any atom is -0.478 e. The third-order valence-electron chi connectivity index (χ3n) is 2.60. The first-order valence-corrected chi connectivity index (χ1v) is 6.35. The summed E-state index contributed by atoms with van der Waals surface area (Å²) in [7, 11) is 0. The maximum absolute atomic E-state index is 11.0. The predicted molar refractivity (Wildman–Crippen MR) is 62.2 cm³/mol. The lowest BCUT2D eigenvalue weighted by molar-refractivity contribution is 0.0692. The molecule has 1 saturated heterocycles. The molecule has 86 valence electrons. The summed E-state index contributed by atoms with van der Waals surface area (Å²) in [4.78, 5) is 13.1. The fourth-order valence-corrected chi connectivity index (χ4v) is 2.26. The summed E-state index contributed by atoms with van der Waals surface area (Å²) in [6.45, 7) is 1.87. The molecule has 1 fully saturated rings. The van der Waals surface area contributed by atoms with Gasteiger partial charge in [-0.2, -0.15) is 0 Å². The zero-order valence-corrected chi connectivity index (χ0v) is 9.83. The van der Waals surface area contributed by atoms with Crippen molar-refractivity contribution < 1.29 is 9.90 Å². The van der Waals surface area contributed by atoms with E-state index in [1.54, 1.807) is 12.3 Å². The molecule has 0 spiro atoms. The van der Waals surface area contributed by atoms with E-state index in [4.69, 9.17) is 5.11 Å². The second-order valence-electron chi connectivity index (χ2n) is 3.62. The molecule has 1 aromatic rings. The second-order valence-corrected chi connectivity index (χ2v) is 4.42. The number of aromatic carboxylic acids is 1. The van der Waals surface area contributed by atoms with Crippen LogP contribution in [0.4, 0.5) is 5.82 Å². The molecule has 0 amide bonds. The standard InChI is InChI=1S/C10H13N3O2S/c1-16-9-7(10(14)15)6-8(11-12-9)13-4-2-3-5-13/h6H,2-5H2,1H3,(H,14,15). The lowest BCUT2D eigenvalue weighted by atomic mass is 10.3. The number of carbonyl (C=O) groups is 1. The zero-order valence-electron chi connectivity index (χ0n) is 9.01. The average Bonchev–Trinajstić information content (AvgIpc) is 2.81. The van der Waals surface area contributed by atoms with Crippen molar-refractivity contribution in [2.24, 2.45) is 0 Å². The number of hydrogen-bond acceptors (Lipinski definition) is 5. The first-order chi connectivity index (χ1) is 7.72. The molecule has 0 radical (unpaired) electrons. The molecule has 1 aliphatic heterocycles. The van der Waals surface area contributed by atoms with Crippen LogP contribution in [0.1, 0.15) is 23.2 Å². The van der Waals surface area contributed by atoms with E-state index < -0.39 is 5.97 Å². The van der Waals surface area contributed by atoms with E-state index in [0.717, 1.165) is 25.9 Å². The van der Waals surface area contributed by atoms with Crippen LogP contribution in [0.25, 0.3) is 0 Å². The van der Waals surface area contributed by atoms with Crippen LogP contribution in [0.5, 0.6) is 0 Å². The van der Waals surface area contributed by atoms with Crippen LogP contribution < -0.4 is 4.90 Å². The molecule has 0 bridgehead atoms. The van der Waals surface area contributed by atoms with E-state index >= 15 is 0 Å². The molecule has 0 aliphatic carbocycles. The number of hydrogen-bond donors (Lipinski definition) is 1. The predicted octanol–water partition coefficient (Wildman–Crippen LogP) is 1.50. The molecular formula is C10H13N3O2S. The number of carboxylic acids is 1. The number of thioether (sulfide) groups is 1. The number of nitrogens with zero attached hydrogens (tertiary/aromatic N) is 3. The molecule has 0 unspecified atom stereocenters. The number of rotatable bonds is 3. The van der Waals surface area contributed by atoms with E-state index in [0.29, 0.717) is 10.8 Å². The van der Waals surface area contributed by atoms with Gasteiger partial charge in [-0.15, -0.1) is 22.0 Å². The van der Waals surface area contributed by atoms with Gasteiger partial charge in [0.15, 0.2) is 5.82 Å². The molecule has 0 atom stereocenters. The van der Waals surface area contributed by atoms with Gasteiger partial charge in [0, 0.05) is 13.1 Å². The number of anilines is 1. The number of aromatic nitrogens is 2. The van der Waals surface area contributed by atoms with Gasteiger partial charge in [0.1, 0.15) is 5.03 Å². The van der Waals surface area contributed by atoms with Crippen LogP contribution in [-0.2, 0) is 0 Å². The fourth-order valence-electron chi connectivity index (χ4n) is 1.77. The quantitative estimate of drug-likeness (QED) is 0.806. The van der Waals surface area contributed by atoms with Crippen molar-refractivity contribution >= 4 is 23.5 Å². The summed E-state index contributed by atoms with van der Waals surface area (Å²) < 4.78 is 0. The van der Waals surface area contributed by atoms with Crippen molar-refractivity contribution in [2.75, 3.05) is 24.2 Å². The lowest BCUT2D eigenvalue weighted by Gasteiger charge is -2.16. The summed E-state index contributed by atoms with van der Waals surface area (Å²) in [6.07, 6.45) is 4.06. The Bertz CT molecular complexity index is 405. The Morgan fingerprint density at radius 2 is 2.12 bits per heavy atom. The van der Waals surface area contributed by atoms with Crippen molar-refractivity contribution in [3.63, 3.8) is 0 Å². The molecule has 1 aromatic heterocycles. The minimum absolute atomic E-state index is 0.240. The fraction of sp³-hybridized carbons (Fsp3) is 0.500. The maximum Gasteiger partial charge on any atom is 0.338 e. The monoisotopic (exact) mass is 239 g/mol. The summed E-state index contributed by atoms with van der Waals surface area (Å²) >= 11 is 1.30. The lowest BCUT2D eigenvalue weighted by Crippen LogP contribution is -2.20. The Morgan fingerprint density at radius 1 is 1.44 bits per heavy atom. The van der Waals surface area contributed by atoms with Crippen LogP contribution in [0.15, 0.2) is 11.1 Å². The van der Waals surface area contributed by atoms with E-state index in [-0.39, 0.29) is 5.56 Å². The van der Waals surface area contributed by atoms with Gasteiger partial charge in [-0.25, -0.2) is 4.79 Å². The highest BCUT2D eigenvalue weighted by Crippen LogP contribution is 2.23. The van der Waals surface area contributed by atoms with Gasteiger partial charge < -0.3 is 10.0 Å². The van der Waals surface area contributed by atoms with Gasteiger partial charge in [-0.05, 0) is 25.2 Å². The van der Waals surface area contributed by atoms with Gasteiger partial charge in [0.25, 0.3) is 0 Å². The molecule has 0 aromatic carbocycles. The molecule has 1 N–H and O–H groups in total. The Morgan fingerprint density at radius 3 is 2.69 bits per heavy atom. The Kier molecular flexibility index (Phi) is 3.28. The topological polar surface area (TPSA) is 66.3 Å². The minimum atomic E-state index is -0.945. The maximum atomic E-state index is 11.0. The van der Waals surface area contributed by atoms with Gasteiger partial charge in [-0.1, -0.05) is 0 Å². The first-order valence-electron chi connectivity index (χ1n) is 5.12. The third kappa shape index (κ3) is 2.11. The van der Waals surface area contributed by atoms with E-state index in [1.807, 2.05) is 0 Å². The highest BCUT2D eigenvalue weighted by Gasteiger charge is 2.18. The average molecular weight is 239 g/mol. The molecule has 0 saturated carbocycles. The van der Waals surface area contributed by atoms with E-state index in [2.05, 4.69) is 15.1 Å². The molecule has 1 aliphatic rings.